The van der Waals surface area contributed by atoms with E-state index in [1.807, 2.05) is 7.11 Å². The van der Waals surface area contributed by atoms with Gasteiger partial charge in [0.15, 0.2) is 0 Å². The van der Waals surface area contributed by atoms with Gasteiger partial charge in [0.05, 0.1) is 6.10 Å². The quantitative estimate of drug-likeness (QED) is 0.717. The van der Waals surface area contributed by atoms with Crippen molar-refractivity contribution in [3.8, 4) is 0 Å². The molecule has 0 radical (unpaired) electrons. The molecule has 0 aliphatic carbocycles. The van der Waals surface area contributed by atoms with E-state index < -0.39 is 0 Å². The summed E-state index contributed by atoms with van der Waals surface area (Å²) in [5, 5.41) is 1.11. The van der Waals surface area contributed by atoms with Gasteiger partial charge in [-0.15, -0.1) is 0 Å². The third-order valence-corrected chi connectivity index (χ3v) is 4.26. The Balaban J connectivity index is 2.36. The summed E-state index contributed by atoms with van der Waals surface area (Å²) >= 11 is 3.62. The van der Waals surface area contributed by atoms with Gasteiger partial charge < -0.3 is 9.64 Å². The number of likely N-dealkylation sites (tertiary alicyclic amines) is 1. The number of ether oxygens (including phenoxy) is 1. The van der Waals surface area contributed by atoms with E-state index in [9.17, 15) is 0 Å². The molecule has 2 unspecified atom stereocenters. The van der Waals surface area contributed by atoms with E-state index in [4.69, 9.17) is 4.74 Å². The maximum absolute atomic E-state index is 5.44. The number of nitrogens with zero attached hydrogens (tertiary/aromatic N) is 1. The summed E-state index contributed by atoms with van der Waals surface area (Å²) in [4.78, 5) is 2.56. The standard InChI is InChI=1S/C12H24BrNO/c1-10(2)11(7-13)8-14-6-4-5-12(9-14)15-3/h10-12H,4-9H2,1-3H3. The van der Waals surface area contributed by atoms with Crippen molar-refractivity contribution in [1.82, 2.24) is 4.90 Å². The highest BCUT2D eigenvalue weighted by atomic mass is 79.9. The molecule has 90 valence electrons. The van der Waals surface area contributed by atoms with E-state index in [-0.39, 0.29) is 0 Å². The van der Waals surface area contributed by atoms with Gasteiger partial charge in [-0.05, 0) is 31.2 Å². The first kappa shape index (κ1) is 13.5. The Morgan fingerprint density at radius 1 is 1.47 bits per heavy atom. The van der Waals surface area contributed by atoms with Crippen LogP contribution in [0.3, 0.4) is 0 Å². The molecule has 15 heavy (non-hydrogen) atoms. The number of methoxy groups -OCH3 is 1. The van der Waals surface area contributed by atoms with Crippen LogP contribution in [-0.2, 0) is 4.74 Å². The van der Waals surface area contributed by atoms with Crippen LogP contribution in [-0.4, -0.2) is 43.1 Å². The highest BCUT2D eigenvalue weighted by Gasteiger charge is 2.22. The first-order valence-corrected chi connectivity index (χ1v) is 7.10. The Morgan fingerprint density at radius 2 is 2.20 bits per heavy atom. The molecule has 1 rings (SSSR count). The molecule has 1 fully saturated rings. The summed E-state index contributed by atoms with van der Waals surface area (Å²) in [6.45, 7) is 8.19. The predicted molar refractivity (Wildman–Crippen MR) is 68.6 cm³/mol. The van der Waals surface area contributed by atoms with Gasteiger partial charge >= 0.3 is 0 Å². The van der Waals surface area contributed by atoms with Gasteiger partial charge in [0, 0.05) is 25.5 Å². The predicted octanol–water partition coefficient (Wildman–Crippen LogP) is 2.76. The van der Waals surface area contributed by atoms with Crippen molar-refractivity contribution in [2.75, 3.05) is 32.1 Å². The van der Waals surface area contributed by atoms with Crippen molar-refractivity contribution in [2.45, 2.75) is 32.8 Å². The molecule has 2 atom stereocenters. The van der Waals surface area contributed by atoms with Crippen LogP contribution in [0.2, 0.25) is 0 Å². The van der Waals surface area contributed by atoms with Crippen LogP contribution >= 0.6 is 15.9 Å². The summed E-state index contributed by atoms with van der Waals surface area (Å²) in [6, 6.07) is 0. The number of piperidine rings is 1. The molecule has 0 aromatic rings. The summed E-state index contributed by atoms with van der Waals surface area (Å²) < 4.78 is 5.44. The highest BCUT2D eigenvalue weighted by molar-refractivity contribution is 9.09. The molecule has 2 nitrogen and oxygen atoms in total. The molecule has 0 bridgehead atoms. The van der Waals surface area contributed by atoms with Crippen molar-refractivity contribution in [2.24, 2.45) is 11.8 Å². The largest absolute Gasteiger partial charge is 0.380 e. The highest BCUT2D eigenvalue weighted by Crippen LogP contribution is 2.19. The van der Waals surface area contributed by atoms with Crippen LogP contribution in [0.15, 0.2) is 0 Å². The zero-order valence-corrected chi connectivity index (χ0v) is 11.8. The minimum Gasteiger partial charge on any atom is -0.380 e. The Bertz CT molecular complexity index is 175. The number of rotatable bonds is 5. The third kappa shape index (κ3) is 4.41. The fraction of sp³-hybridized carbons (Fsp3) is 1.00. The van der Waals surface area contributed by atoms with Crippen molar-refractivity contribution >= 4 is 15.9 Å². The van der Waals surface area contributed by atoms with Crippen LogP contribution in [0.4, 0.5) is 0 Å². The molecule has 1 saturated heterocycles. The zero-order chi connectivity index (χ0) is 11.3. The minimum atomic E-state index is 0.460. The Kier molecular flexibility index (Phi) is 6.17. The normalized spacial score (nSPS) is 25.8. The summed E-state index contributed by atoms with van der Waals surface area (Å²) in [6.07, 6.45) is 2.97. The van der Waals surface area contributed by atoms with Crippen LogP contribution in [0.5, 0.6) is 0 Å². The maximum atomic E-state index is 5.44. The van der Waals surface area contributed by atoms with Crippen molar-refractivity contribution in [1.29, 1.82) is 0 Å². The van der Waals surface area contributed by atoms with Crippen LogP contribution in [0.25, 0.3) is 0 Å². The number of hydrogen-bond acceptors (Lipinski definition) is 2. The first-order valence-electron chi connectivity index (χ1n) is 5.98. The molecule has 0 aromatic heterocycles. The molecule has 0 amide bonds. The lowest BCUT2D eigenvalue weighted by atomic mass is 9.96. The number of alkyl halides is 1. The molecule has 0 saturated carbocycles. The molecule has 0 spiro atoms. The average molecular weight is 278 g/mol. The van der Waals surface area contributed by atoms with Crippen molar-refractivity contribution in [3.63, 3.8) is 0 Å². The summed E-state index contributed by atoms with van der Waals surface area (Å²) in [7, 11) is 1.83. The van der Waals surface area contributed by atoms with Crippen LogP contribution < -0.4 is 0 Å². The second-order valence-corrected chi connectivity index (χ2v) is 5.57. The molecule has 0 aromatic carbocycles. The Hall–Kier alpha value is 0.400. The SMILES string of the molecule is COC1CCCN(CC(CBr)C(C)C)C1. The lowest BCUT2D eigenvalue weighted by Gasteiger charge is -2.35. The van der Waals surface area contributed by atoms with Crippen LogP contribution in [0, 0.1) is 11.8 Å². The topological polar surface area (TPSA) is 12.5 Å². The van der Waals surface area contributed by atoms with Gasteiger partial charge in [-0.25, -0.2) is 0 Å². The van der Waals surface area contributed by atoms with Crippen LogP contribution in [0.1, 0.15) is 26.7 Å². The van der Waals surface area contributed by atoms with Crippen molar-refractivity contribution in [3.05, 3.63) is 0 Å². The fourth-order valence-corrected chi connectivity index (χ4v) is 3.09. The van der Waals surface area contributed by atoms with E-state index in [0.29, 0.717) is 6.10 Å². The fourth-order valence-electron chi connectivity index (χ4n) is 2.14. The van der Waals surface area contributed by atoms with Gasteiger partial charge in [-0.1, -0.05) is 29.8 Å². The summed E-state index contributed by atoms with van der Waals surface area (Å²) in [5.74, 6) is 1.52. The van der Waals surface area contributed by atoms with E-state index in [0.717, 1.165) is 23.7 Å². The molecule has 1 aliphatic rings. The maximum Gasteiger partial charge on any atom is 0.0698 e. The molecular formula is C12H24BrNO. The van der Waals surface area contributed by atoms with E-state index >= 15 is 0 Å². The monoisotopic (exact) mass is 277 g/mol. The van der Waals surface area contributed by atoms with Gasteiger partial charge in [-0.3, -0.25) is 0 Å². The molecule has 1 aliphatic heterocycles. The Morgan fingerprint density at radius 3 is 2.73 bits per heavy atom. The number of halogens is 1. The average Bonchev–Trinajstić information content (AvgIpc) is 2.25. The zero-order valence-electron chi connectivity index (χ0n) is 10.2. The third-order valence-electron chi connectivity index (χ3n) is 3.43. The van der Waals surface area contributed by atoms with E-state index in [2.05, 4.69) is 34.7 Å². The smallest absolute Gasteiger partial charge is 0.0698 e. The lowest BCUT2D eigenvalue weighted by Crippen LogP contribution is -2.42. The van der Waals surface area contributed by atoms with Gasteiger partial charge in [-0.2, -0.15) is 0 Å². The summed E-state index contributed by atoms with van der Waals surface area (Å²) in [5.41, 5.74) is 0. The van der Waals surface area contributed by atoms with E-state index in [1.54, 1.807) is 0 Å². The van der Waals surface area contributed by atoms with Gasteiger partial charge in [0.25, 0.3) is 0 Å². The minimum absolute atomic E-state index is 0.460. The van der Waals surface area contributed by atoms with Crippen molar-refractivity contribution < 1.29 is 4.74 Å². The Labute approximate surface area is 102 Å². The number of hydrogen-bond donors (Lipinski definition) is 0. The second kappa shape index (κ2) is 6.87. The molecule has 3 heteroatoms. The van der Waals surface area contributed by atoms with Gasteiger partial charge in [0.1, 0.15) is 0 Å². The van der Waals surface area contributed by atoms with E-state index in [1.165, 1.54) is 25.9 Å². The second-order valence-electron chi connectivity index (χ2n) is 4.92. The first-order chi connectivity index (χ1) is 7.17. The van der Waals surface area contributed by atoms with Gasteiger partial charge in [0.2, 0.25) is 0 Å². The molecular weight excluding hydrogens is 254 g/mol. The lowest BCUT2D eigenvalue weighted by molar-refractivity contribution is 0.0247. The molecule has 0 N–H and O–H groups in total. The molecule has 1 heterocycles.